The number of carbonyl (C=O) groups excluding carboxylic acids is 1. The third-order valence-corrected chi connectivity index (χ3v) is 5.22. The van der Waals surface area contributed by atoms with Crippen molar-refractivity contribution in [3.05, 3.63) is 30.1 Å². The number of halogens is 2. The Labute approximate surface area is 141 Å². The summed E-state index contributed by atoms with van der Waals surface area (Å²) in [5.41, 5.74) is 5.57. The van der Waals surface area contributed by atoms with E-state index in [1.54, 1.807) is 4.90 Å². The third kappa shape index (κ3) is 5.13. The highest BCUT2D eigenvalue weighted by atomic mass is 35.5. The van der Waals surface area contributed by atoms with E-state index in [9.17, 15) is 17.6 Å². The maximum atomic E-state index is 13.5. The smallest absolute Gasteiger partial charge is 0.243 e. The van der Waals surface area contributed by atoms with Crippen LogP contribution in [0.5, 0.6) is 0 Å². The van der Waals surface area contributed by atoms with Gasteiger partial charge in [-0.05, 0) is 31.0 Å². The first-order valence-electron chi connectivity index (χ1n) is 7.16. The average molecular weight is 366 g/mol. The molecule has 1 fully saturated rings. The van der Waals surface area contributed by atoms with Crippen LogP contribution in [0.3, 0.4) is 0 Å². The number of sulfonamides is 1. The highest BCUT2D eigenvalue weighted by Crippen LogP contribution is 2.16. The van der Waals surface area contributed by atoms with Crippen LogP contribution in [0, 0.1) is 11.7 Å². The lowest BCUT2D eigenvalue weighted by Gasteiger charge is -2.16. The van der Waals surface area contributed by atoms with Crippen LogP contribution in [0.1, 0.15) is 12.8 Å². The third-order valence-electron chi connectivity index (χ3n) is 3.73. The van der Waals surface area contributed by atoms with Gasteiger partial charge in [-0.25, -0.2) is 17.5 Å². The first-order valence-corrected chi connectivity index (χ1v) is 8.64. The van der Waals surface area contributed by atoms with Gasteiger partial charge in [0.05, 0.1) is 0 Å². The second-order valence-corrected chi connectivity index (χ2v) is 7.04. The molecule has 0 aliphatic carbocycles. The van der Waals surface area contributed by atoms with Gasteiger partial charge in [0, 0.05) is 26.1 Å². The quantitative estimate of drug-likeness (QED) is 0.777. The molecule has 1 aliphatic rings. The number of hydrogen-bond acceptors (Lipinski definition) is 4. The van der Waals surface area contributed by atoms with Gasteiger partial charge in [0.2, 0.25) is 15.9 Å². The Hall–Kier alpha value is -1.22. The molecule has 0 aromatic heterocycles. The number of likely N-dealkylation sites (tertiary alicyclic amines) is 1. The Morgan fingerprint density at radius 1 is 1.39 bits per heavy atom. The van der Waals surface area contributed by atoms with E-state index in [1.807, 2.05) is 0 Å². The number of hydrogen-bond donors (Lipinski definition) is 2. The molecule has 1 amide bonds. The minimum absolute atomic E-state index is 0. The minimum Gasteiger partial charge on any atom is -0.342 e. The summed E-state index contributed by atoms with van der Waals surface area (Å²) in [7, 11) is -3.94. The summed E-state index contributed by atoms with van der Waals surface area (Å²) in [5.74, 6) is -0.613. The molecular formula is C14H21ClFN3O3S. The Morgan fingerprint density at radius 3 is 2.70 bits per heavy atom. The fourth-order valence-electron chi connectivity index (χ4n) is 2.44. The molecule has 1 aromatic carbocycles. The molecule has 9 heteroatoms. The lowest BCUT2D eigenvalue weighted by molar-refractivity contribution is -0.130. The van der Waals surface area contributed by atoms with E-state index < -0.39 is 20.7 Å². The van der Waals surface area contributed by atoms with Crippen molar-refractivity contribution in [1.82, 2.24) is 9.62 Å². The Balaban J connectivity index is 0.00000264. The number of nitrogens with zero attached hydrogens (tertiary/aromatic N) is 1. The van der Waals surface area contributed by atoms with Gasteiger partial charge in [-0.15, -0.1) is 12.4 Å². The first-order chi connectivity index (χ1) is 10.4. The molecule has 6 nitrogen and oxygen atoms in total. The molecule has 0 saturated carbocycles. The van der Waals surface area contributed by atoms with Crippen LogP contribution in [-0.2, 0) is 14.8 Å². The predicted octanol–water partition coefficient (Wildman–Crippen LogP) is 0.723. The van der Waals surface area contributed by atoms with E-state index in [4.69, 9.17) is 5.73 Å². The fraction of sp³-hybridized carbons (Fsp3) is 0.500. The van der Waals surface area contributed by atoms with Crippen molar-refractivity contribution >= 4 is 28.3 Å². The standard InChI is InChI=1S/C14H20FN3O3S.ClH/c15-12-3-1-2-4-13(12)22(20,21)17-7-5-14(19)18-8-6-11(9-16)10-18;/h1-4,11,17H,5-10,16H2;1H. The number of carbonyl (C=O) groups is 1. The fourth-order valence-corrected chi connectivity index (χ4v) is 3.55. The van der Waals surface area contributed by atoms with Gasteiger partial charge in [-0.1, -0.05) is 12.1 Å². The summed E-state index contributed by atoms with van der Waals surface area (Å²) in [6.45, 7) is 1.76. The molecule has 0 bridgehead atoms. The Morgan fingerprint density at radius 2 is 2.09 bits per heavy atom. The molecule has 1 unspecified atom stereocenters. The van der Waals surface area contributed by atoms with Gasteiger partial charge in [-0.3, -0.25) is 4.79 Å². The molecule has 3 N–H and O–H groups in total. The summed E-state index contributed by atoms with van der Waals surface area (Å²) in [4.78, 5) is 13.3. The van der Waals surface area contributed by atoms with Crippen LogP contribution in [-0.4, -0.2) is 45.4 Å². The van der Waals surface area contributed by atoms with E-state index >= 15 is 0 Å². The van der Waals surface area contributed by atoms with E-state index in [-0.39, 0.29) is 31.3 Å². The molecule has 1 heterocycles. The highest BCUT2D eigenvalue weighted by Gasteiger charge is 2.25. The van der Waals surface area contributed by atoms with Gasteiger partial charge < -0.3 is 10.6 Å². The zero-order valence-corrected chi connectivity index (χ0v) is 14.2. The second-order valence-electron chi connectivity index (χ2n) is 5.31. The largest absolute Gasteiger partial charge is 0.342 e. The first kappa shape index (κ1) is 19.8. The van der Waals surface area contributed by atoms with E-state index in [1.165, 1.54) is 18.2 Å². The number of benzene rings is 1. The topological polar surface area (TPSA) is 92.5 Å². The lowest BCUT2D eigenvalue weighted by Crippen LogP contribution is -2.34. The van der Waals surface area contributed by atoms with Crippen molar-refractivity contribution < 1.29 is 17.6 Å². The number of nitrogens with two attached hydrogens (primary N) is 1. The summed E-state index contributed by atoms with van der Waals surface area (Å²) < 4.78 is 39.7. The van der Waals surface area contributed by atoms with Gasteiger partial charge in [0.25, 0.3) is 0 Å². The van der Waals surface area contributed by atoms with Crippen LogP contribution < -0.4 is 10.5 Å². The van der Waals surface area contributed by atoms with Crippen LogP contribution in [0.25, 0.3) is 0 Å². The van der Waals surface area contributed by atoms with Gasteiger partial charge in [0.1, 0.15) is 10.7 Å². The summed E-state index contributed by atoms with van der Waals surface area (Å²) in [6.07, 6.45) is 0.925. The summed E-state index contributed by atoms with van der Waals surface area (Å²) in [5, 5.41) is 0. The molecule has 130 valence electrons. The number of rotatable bonds is 6. The molecule has 1 atom stereocenters. The van der Waals surface area contributed by atoms with Crippen molar-refractivity contribution in [3.63, 3.8) is 0 Å². The summed E-state index contributed by atoms with van der Waals surface area (Å²) in [6, 6.07) is 5.13. The summed E-state index contributed by atoms with van der Waals surface area (Å²) >= 11 is 0. The molecule has 0 spiro atoms. The minimum atomic E-state index is -3.94. The maximum Gasteiger partial charge on any atom is 0.243 e. The van der Waals surface area contributed by atoms with E-state index in [2.05, 4.69) is 4.72 Å². The molecule has 1 saturated heterocycles. The van der Waals surface area contributed by atoms with Crippen molar-refractivity contribution in [2.75, 3.05) is 26.2 Å². The predicted molar refractivity (Wildman–Crippen MR) is 87.2 cm³/mol. The number of nitrogens with one attached hydrogen (secondary N) is 1. The van der Waals surface area contributed by atoms with E-state index in [0.717, 1.165) is 12.5 Å². The molecule has 0 radical (unpaired) electrons. The molecule has 2 rings (SSSR count). The van der Waals surface area contributed by atoms with Crippen LogP contribution in [0.2, 0.25) is 0 Å². The van der Waals surface area contributed by atoms with Gasteiger partial charge >= 0.3 is 0 Å². The highest BCUT2D eigenvalue weighted by molar-refractivity contribution is 7.89. The van der Waals surface area contributed by atoms with Crippen molar-refractivity contribution in [1.29, 1.82) is 0 Å². The average Bonchev–Trinajstić information content (AvgIpc) is 2.96. The zero-order valence-electron chi connectivity index (χ0n) is 12.6. The zero-order chi connectivity index (χ0) is 16.2. The van der Waals surface area contributed by atoms with Gasteiger partial charge in [0.15, 0.2) is 0 Å². The SMILES string of the molecule is Cl.NCC1CCN(C(=O)CCNS(=O)(=O)c2ccccc2F)C1. The second kappa shape index (κ2) is 8.58. The number of amides is 1. The van der Waals surface area contributed by atoms with Crippen LogP contribution in [0.15, 0.2) is 29.2 Å². The van der Waals surface area contributed by atoms with Crippen molar-refractivity contribution in [2.24, 2.45) is 11.7 Å². The molecule has 1 aromatic rings. The Bertz CT molecular complexity index is 642. The monoisotopic (exact) mass is 365 g/mol. The molecule has 23 heavy (non-hydrogen) atoms. The van der Waals surface area contributed by atoms with Crippen LogP contribution in [0.4, 0.5) is 4.39 Å². The molecular weight excluding hydrogens is 345 g/mol. The lowest BCUT2D eigenvalue weighted by atomic mass is 10.1. The Kier molecular flexibility index (Phi) is 7.40. The van der Waals surface area contributed by atoms with E-state index in [0.29, 0.717) is 25.6 Å². The van der Waals surface area contributed by atoms with Crippen molar-refractivity contribution in [3.8, 4) is 0 Å². The molecule has 1 aliphatic heterocycles. The maximum absolute atomic E-state index is 13.5. The van der Waals surface area contributed by atoms with Crippen molar-refractivity contribution in [2.45, 2.75) is 17.7 Å². The van der Waals surface area contributed by atoms with Crippen LogP contribution >= 0.6 is 12.4 Å². The normalized spacial score (nSPS) is 17.8. The van der Waals surface area contributed by atoms with Gasteiger partial charge in [-0.2, -0.15) is 0 Å².